The average molecular weight is 340 g/mol. The molecule has 1 atom stereocenters. The monoisotopic (exact) mass is 340 g/mol. The fourth-order valence-electron chi connectivity index (χ4n) is 3.21. The molecule has 1 saturated heterocycles. The number of hydrogen-bond acceptors (Lipinski definition) is 4. The minimum absolute atomic E-state index is 0.0130. The first-order chi connectivity index (χ1) is 12.1. The molecule has 2 aromatic rings. The van der Waals surface area contributed by atoms with Gasteiger partial charge in [0.25, 0.3) is 0 Å². The van der Waals surface area contributed by atoms with Crippen molar-refractivity contribution in [3.63, 3.8) is 0 Å². The number of carboxylic acids is 1. The Morgan fingerprint density at radius 2 is 2.08 bits per heavy atom. The summed E-state index contributed by atoms with van der Waals surface area (Å²) >= 11 is 0. The van der Waals surface area contributed by atoms with Gasteiger partial charge in [-0.3, -0.25) is 4.79 Å². The molecule has 1 aliphatic heterocycles. The third kappa shape index (κ3) is 3.76. The summed E-state index contributed by atoms with van der Waals surface area (Å²) in [5.74, 6) is -1.28. The fourth-order valence-corrected chi connectivity index (χ4v) is 3.21. The van der Waals surface area contributed by atoms with E-state index in [-0.39, 0.29) is 18.9 Å². The largest absolute Gasteiger partial charge is 0.550 e. The van der Waals surface area contributed by atoms with Crippen LogP contribution in [0.5, 0.6) is 5.75 Å². The van der Waals surface area contributed by atoms with Gasteiger partial charge in [-0.25, -0.2) is 0 Å². The molecule has 0 bridgehead atoms. The number of carbonyl (C=O) groups excluding carboxylic acids is 2. The second-order valence-corrected chi connectivity index (χ2v) is 6.46. The molecule has 5 heteroatoms. The van der Waals surface area contributed by atoms with Crippen LogP contribution in [0.15, 0.2) is 36.4 Å². The lowest BCUT2D eigenvalue weighted by atomic mass is 10.0. The Bertz CT molecular complexity index is 786. The van der Waals surface area contributed by atoms with Gasteiger partial charge in [0.1, 0.15) is 5.75 Å². The van der Waals surface area contributed by atoms with Crippen molar-refractivity contribution in [1.82, 2.24) is 4.90 Å². The maximum atomic E-state index is 12.2. The highest BCUT2D eigenvalue weighted by Crippen LogP contribution is 2.31. The van der Waals surface area contributed by atoms with E-state index in [0.717, 1.165) is 34.9 Å². The van der Waals surface area contributed by atoms with Crippen LogP contribution >= 0.6 is 0 Å². The highest BCUT2D eigenvalue weighted by atomic mass is 16.5. The molecule has 2 aromatic carbocycles. The number of fused-ring (bicyclic) bond motifs is 1. The van der Waals surface area contributed by atoms with Gasteiger partial charge in [0.15, 0.2) is 0 Å². The molecule has 0 unspecified atom stereocenters. The lowest BCUT2D eigenvalue weighted by Gasteiger charge is -2.21. The summed E-state index contributed by atoms with van der Waals surface area (Å²) in [6.45, 7) is 3.27. The molecular formula is C20H22NO4-. The molecule has 1 aliphatic rings. The average Bonchev–Trinajstić information content (AvgIpc) is 2.98. The van der Waals surface area contributed by atoms with Gasteiger partial charge in [0.2, 0.25) is 5.91 Å². The molecule has 1 fully saturated rings. The van der Waals surface area contributed by atoms with Gasteiger partial charge >= 0.3 is 0 Å². The lowest BCUT2D eigenvalue weighted by Crippen LogP contribution is -2.33. The Hall–Kier alpha value is -2.56. The number of carboxylic acid groups (broad SMARTS) is 1. The summed E-state index contributed by atoms with van der Waals surface area (Å²) in [6, 6.07) is 11.9. The molecule has 5 nitrogen and oxygen atoms in total. The number of likely N-dealkylation sites (tertiary alicyclic amines) is 1. The third-order valence-corrected chi connectivity index (χ3v) is 4.65. The third-order valence-electron chi connectivity index (χ3n) is 4.65. The standard InChI is InChI=1S/C20H23NO4/c1-2-3-10-25-18-9-8-14-6-4-5-7-16(14)17(18)13-21-12-15(20(23)24)11-19(21)22/h4-9,15H,2-3,10-13H2,1H3,(H,23,24)/p-1/t15-/m1/s1. The SMILES string of the molecule is CCCCOc1ccc2ccccc2c1CN1C[C@H](C(=O)[O-])CC1=O. The smallest absolute Gasteiger partial charge is 0.223 e. The van der Waals surface area contributed by atoms with E-state index in [1.807, 2.05) is 36.4 Å². The number of benzene rings is 2. The van der Waals surface area contributed by atoms with Crippen molar-refractivity contribution >= 4 is 22.6 Å². The van der Waals surface area contributed by atoms with E-state index < -0.39 is 11.9 Å². The van der Waals surface area contributed by atoms with Crippen molar-refractivity contribution in [2.75, 3.05) is 13.2 Å². The second-order valence-electron chi connectivity index (χ2n) is 6.46. The summed E-state index contributed by atoms with van der Waals surface area (Å²) < 4.78 is 5.94. The van der Waals surface area contributed by atoms with Crippen LogP contribution in [0.25, 0.3) is 10.8 Å². The van der Waals surface area contributed by atoms with E-state index >= 15 is 0 Å². The zero-order valence-corrected chi connectivity index (χ0v) is 14.4. The molecule has 25 heavy (non-hydrogen) atoms. The van der Waals surface area contributed by atoms with E-state index in [0.29, 0.717) is 13.2 Å². The lowest BCUT2D eigenvalue weighted by molar-refractivity contribution is -0.311. The molecule has 3 rings (SSSR count). The molecule has 0 saturated carbocycles. The minimum Gasteiger partial charge on any atom is -0.550 e. The maximum absolute atomic E-state index is 12.2. The van der Waals surface area contributed by atoms with Crippen LogP contribution in [0.2, 0.25) is 0 Å². The Balaban J connectivity index is 1.91. The van der Waals surface area contributed by atoms with Crippen molar-refractivity contribution in [3.05, 3.63) is 42.0 Å². The van der Waals surface area contributed by atoms with Crippen LogP contribution in [0.1, 0.15) is 31.7 Å². The van der Waals surface area contributed by atoms with Gasteiger partial charge in [-0.1, -0.05) is 43.7 Å². The Morgan fingerprint density at radius 1 is 1.28 bits per heavy atom. The zero-order chi connectivity index (χ0) is 17.8. The van der Waals surface area contributed by atoms with Gasteiger partial charge < -0.3 is 19.5 Å². The zero-order valence-electron chi connectivity index (χ0n) is 14.4. The summed E-state index contributed by atoms with van der Waals surface area (Å²) in [7, 11) is 0. The van der Waals surface area contributed by atoms with Gasteiger partial charge in [-0.05, 0) is 23.3 Å². The molecule has 0 aromatic heterocycles. The fraction of sp³-hybridized carbons (Fsp3) is 0.400. The second kappa shape index (κ2) is 7.55. The summed E-state index contributed by atoms with van der Waals surface area (Å²) in [5.41, 5.74) is 0.932. The molecule has 0 spiro atoms. The molecule has 0 N–H and O–H groups in total. The van der Waals surface area contributed by atoms with Crippen LogP contribution in [-0.2, 0) is 16.1 Å². The number of ether oxygens (including phenoxy) is 1. The molecule has 1 amide bonds. The summed E-state index contributed by atoms with van der Waals surface area (Å²) in [4.78, 5) is 24.9. The van der Waals surface area contributed by atoms with Crippen molar-refractivity contribution < 1.29 is 19.4 Å². The molecule has 0 radical (unpaired) electrons. The highest BCUT2D eigenvalue weighted by molar-refractivity contribution is 5.89. The number of unbranched alkanes of at least 4 members (excludes halogenated alkanes) is 1. The first-order valence-corrected chi connectivity index (χ1v) is 8.72. The van der Waals surface area contributed by atoms with Gasteiger partial charge in [0.05, 0.1) is 6.61 Å². The van der Waals surface area contributed by atoms with Crippen molar-refractivity contribution in [2.45, 2.75) is 32.7 Å². The molecule has 0 aliphatic carbocycles. The van der Waals surface area contributed by atoms with E-state index in [4.69, 9.17) is 4.74 Å². The molecular weight excluding hydrogens is 318 g/mol. The predicted molar refractivity (Wildman–Crippen MR) is 92.9 cm³/mol. The van der Waals surface area contributed by atoms with Crippen molar-refractivity contribution in [2.24, 2.45) is 5.92 Å². The quantitative estimate of drug-likeness (QED) is 0.724. The first-order valence-electron chi connectivity index (χ1n) is 8.72. The predicted octanol–water partition coefficient (Wildman–Crippen LogP) is 2.12. The number of hydrogen-bond donors (Lipinski definition) is 0. The van der Waals surface area contributed by atoms with Crippen molar-refractivity contribution in [1.29, 1.82) is 0 Å². The Morgan fingerprint density at radius 3 is 2.80 bits per heavy atom. The normalized spacial score (nSPS) is 17.2. The Labute approximate surface area is 147 Å². The maximum Gasteiger partial charge on any atom is 0.223 e. The number of rotatable bonds is 7. The van der Waals surface area contributed by atoms with Crippen LogP contribution in [0.3, 0.4) is 0 Å². The van der Waals surface area contributed by atoms with Gasteiger partial charge in [0, 0.05) is 37.0 Å². The van der Waals surface area contributed by atoms with E-state index in [2.05, 4.69) is 6.92 Å². The van der Waals surface area contributed by atoms with Crippen molar-refractivity contribution in [3.8, 4) is 5.75 Å². The Kier molecular flexibility index (Phi) is 5.22. The topological polar surface area (TPSA) is 69.7 Å². The van der Waals surface area contributed by atoms with Crippen LogP contribution in [-0.4, -0.2) is 29.9 Å². The summed E-state index contributed by atoms with van der Waals surface area (Å²) in [6.07, 6.45) is 2.02. The van der Waals surface area contributed by atoms with E-state index in [1.54, 1.807) is 4.90 Å². The van der Waals surface area contributed by atoms with Crippen LogP contribution in [0, 0.1) is 5.92 Å². The van der Waals surface area contributed by atoms with E-state index in [1.165, 1.54) is 0 Å². The first kappa shape index (κ1) is 17.3. The molecule has 1 heterocycles. The van der Waals surface area contributed by atoms with Gasteiger partial charge in [-0.15, -0.1) is 0 Å². The number of carbonyl (C=O) groups is 2. The number of aliphatic carboxylic acids is 1. The number of amides is 1. The van der Waals surface area contributed by atoms with Crippen LogP contribution < -0.4 is 9.84 Å². The van der Waals surface area contributed by atoms with Gasteiger partial charge in [-0.2, -0.15) is 0 Å². The number of nitrogens with zero attached hydrogens (tertiary/aromatic N) is 1. The van der Waals surface area contributed by atoms with E-state index in [9.17, 15) is 14.7 Å². The summed E-state index contributed by atoms with van der Waals surface area (Å²) in [5, 5.41) is 13.2. The highest BCUT2D eigenvalue weighted by Gasteiger charge is 2.31. The minimum atomic E-state index is -1.16. The molecule has 132 valence electrons. The van der Waals surface area contributed by atoms with Crippen LogP contribution in [0.4, 0.5) is 0 Å².